The van der Waals surface area contributed by atoms with Crippen LogP contribution in [0.15, 0.2) is 41.4 Å². The van der Waals surface area contributed by atoms with E-state index in [1.165, 1.54) is 32.4 Å². The Labute approximate surface area is 167 Å². The summed E-state index contributed by atoms with van der Waals surface area (Å²) in [6, 6.07) is 7.97. The van der Waals surface area contributed by atoms with Crippen molar-refractivity contribution in [3.05, 3.63) is 41.6 Å². The van der Waals surface area contributed by atoms with Gasteiger partial charge in [0.2, 0.25) is 15.9 Å². The number of nitrogens with one attached hydrogen (secondary N) is 1. The molecule has 3 aromatic rings. The number of rotatable bonds is 7. The van der Waals surface area contributed by atoms with Crippen LogP contribution in [-0.4, -0.2) is 52.7 Å². The summed E-state index contributed by atoms with van der Waals surface area (Å²) in [6.07, 6.45) is 2.28. The Kier molecular flexibility index (Phi) is 5.92. The largest absolute Gasteiger partial charge is 0.311 e. The summed E-state index contributed by atoms with van der Waals surface area (Å²) in [4.78, 5) is 16.2. The molecule has 0 saturated carbocycles. The number of carbonyl (C=O) groups excluding carboxylic acids is 1. The number of hydrogen-bond donors (Lipinski definition) is 1. The number of amides is 1. The van der Waals surface area contributed by atoms with Crippen LogP contribution in [0.25, 0.3) is 11.0 Å². The molecular weight excluding hydrogens is 404 g/mol. The molecule has 0 aliphatic heterocycles. The van der Waals surface area contributed by atoms with E-state index in [4.69, 9.17) is 11.6 Å². The molecule has 0 radical (unpaired) electrons. The first-order valence-electron chi connectivity index (χ1n) is 8.44. The van der Waals surface area contributed by atoms with Crippen molar-refractivity contribution < 1.29 is 13.2 Å². The van der Waals surface area contributed by atoms with Crippen LogP contribution in [0.4, 0.5) is 5.82 Å². The standard InChI is InChI=1S/C17H19ClN6O3S/c1-23(2)28(26,27)13-6-7-15-14(10-13)21-22-24(15)9-3-4-17(25)20-16-8-5-12(18)11-19-16/h5-8,10-11H,3-4,9H2,1-2H3,(H,19,20,25). The highest BCUT2D eigenvalue weighted by molar-refractivity contribution is 7.89. The molecule has 2 heterocycles. The van der Waals surface area contributed by atoms with Crippen LogP contribution < -0.4 is 5.32 Å². The summed E-state index contributed by atoms with van der Waals surface area (Å²) in [6.45, 7) is 0.470. The minimum Gasteiger partial charge on any atom is -0.311 e. The second-order valence-corrected chi connectivity index (χ2v) is 8.85. The third-order valence-corrected chi connectivity index (χ3v) is 6.07. The fraction of sp³-hybridized carbons (Fsp3) is 0.294. The number of halogens is 1. The molecule has 0 spiro atoms. The van der Waals surface area contributed by atoms with Gasteiger partial charge in [-0.25, -0.2) is 22.4 Å². The number of aryl methyl sites for hydroxylation is 1. The van der Waals surface area contributed by atoms with Gasteiger partial charge in [0.1, 0.15) is 11.3 Å². The predicted octanol–water partition coefficient (Wildman–Crippen LogP) is 2.15. The molecule has 1 amide bonds. The van der Waals surface area contributed by atoms with Crippen molar-refractivity contribution in [2.24, 2.45) is 0 Å². The van der Waals surface area contributed by atoms with Crippen LogP contribution in [0.5, 0.6) is 0 Å². The first-order chi connectivity index (χ1) is 13.3. The van der Waals surface area contributed by atoms with Gasteiger partial charge in [-0.15, -0.1) is 5.10 Å². The number of benzene rings is 1. The zero-order chi connectivity index (χ0) is 20.3. The normalized spacial score (nSPS) is 11.9. The van der Waals surface area contributed by atoms with E-state index in [9.17, 15) is 13.2 Å². The number of hydrogen-bond acceptors (Lipinski definition) is 6. The molecule has 0 bridgehead atoms. The van der Waals surface area contributed by atoms with Crippen LogP contribution in [0, 0.1) is 0 Å². The Morgan fingerprint density at radius 3 is 2.71 bits per heavy atom. The molecule has 0 aliphatic carbocycles. The molecule has 0 aliphatic rings. The second-order valence-electron chi connectivity index (χ2n) is 6.26. The molecule has 3 rings (SSSR count). The minimum absolute atomic E-state index is 0.159. The van der Waals surface area contributed by atoms with Crippen molar-refractivity contribution in [3.8, 4) is 0 Å². The van der Waals surface area contributed by atoms with Crippen LogP contribution >= 0.6 is 11.6 Å². The van der Waals surface area contributed by atoms with Crippen LogP contribution in [0.2, 0.25) is 5.02 Å². The molecule has 0 saturated heterocycles. The quantitative estimate of drug-likeness (QED) is 0.624. The van der Waals surface area contributed by atoms with Gasteiger partial charge < -0.3 is 5.32 Å². The number of nitrogens with zero attached hydrogens (tertiary/aromatic N) is 5. The highest BCUT2D eigenvalue weighted by Gasteiger charge is 2.18. The van der Waals surface area contributed by atoms with Gasteiger partial charge in [0.05, 0.1) is 15.4 Å². The van der Waals surface area contributed by atoms with Gasteiger partial charge in [-0.3, -0.25) is 4.79 Å². The van der Waals surface area contributed by atoms with E-state index in [0.29, 0.717) is 34.8 Å². The van der Waals surface area contributed by atoms with Crippen molar-refractivity contribution in [1.82, 2.24) is 24.3 Å². The topological polar surface area (TPSA) is 110 Å². The van der Waals surface area contributed by atoms with E-state index < -0.39 is 10.0 Å². The maximum Gasteiger partial charge on any atom is 0.242 e. The Balaban J connectivity index is 1.62. The first kappa shape index (κ1) is 20.2. The highest BCUT2D eigenvalue weighted by atomic mass is 35.5. The summed E-state index contributed by atoms with van der Waals surface area (Å²) in [5.41, 5.74) is 1.19. The highest BCUT2D eigenvalue weighted by Crippen LogP contribution is 2.19. The maximum absolute atomic E-state index is 12.2. The van der Waals surface area contributed by atoms with Crippen molar-refractivity contribution in [3.63, 3.8) is 0 Å². The summed E-state index contributed by atoms with van der Waals surface area (Å²) >= 11 is 5.76. The van der Waals surface area contributed by atoms with Gasteiger partial charge in [-0.2, -0.15) is 0 Å². The lowest BCUT2D eigenvalue weighted by molar-refractivity contribution is -0.116. The van der Waals surface area contributed by atoms with Crippen molar-refractivity contribution >= 4 is 44.4 Å². The van der Waals surface area contributed by atoms with E-state index >= 15 is 0 Å². The number of aromatic nitrogens is 4. The molecule has 148 valence electrons. The fourth-order valence-corrected chi connectivity index (χ4v) is 3.57. The van der Waals surface area contributed by atoms with E-state index in [0.717, 1.165) is 4.31 Å². The number of anilines is 1. The zero-order valence-electron chi connectivity index (χ0n) is 15.3. The molecule has 1 N–H and O–H groups in total. The first-order valence-corrected chi connectivity index (χ1v) is 10.3. The minimum atomic E-state index is -3.53. The van der Waals surface area contributed by atoms with Crippen molar-refractivity contribution in [1.29, 1.82) is 0 Å². The van der Waals surface area contributed by atoms with Crippen LogP contribution in [0.3, 0.4) is 0 Å². The van der Waals surface area contributed by atoms with Crippen LogP contribution in [-0.2, 0) is 21.4 Å². The lowest BCUT2D eigenvalue weighted by Gasteiger charge is -2.11. The van der Waals surface area contributed by atoms with E-state index in [-0.39, 0.29) is 17.2 Å². The maximum atomic E-state index is 12.2. The third kappa shape index (κ3) is 4.46. The zero-order valence-corrected chi connectivity index (χ0v) is 16.9. The average molecular weight is 423 g/mol. The van der Waals surface area contributed by atoms with E-state index in [2.05, 4.69) is 20.6 Å². The molecule has 0 unspecified atom stereocenters. The summed E-state index contributed by atoms with van der Waals surface area (Å²) in [7, 11) is -0.584. The number of sulfonamides is 1. The lowest BCUT2D eigenvalue weighted by atomic mass is 10.2. The van der Waals surface area contributed by atoms with Crippen molar-refractivity contribution in [2.75, 3.05) is 19.4 Å². The average Bonchev–Trinajstić information content (AvgIpc) is 3.06. The lowest BCUT2D eigenvalue weighted by Crippen LogP contribution is -2.22. The van der Waals surface area contributed by atoms with Gasteiger partial charge in [0.15, 0.2) is 0 Å². The molecule has 1 aromatic carbocycles. The fourth-order valence-electron chi connectivity index (χ4n) is 2.53. The summed E-state index contributed by atoms with van der Waals surface area (Å²) in [5, 5.41) is 11.3. The predicted molar refractivity (Wildman–Crippen MR) is 106 cm³/mol. The molecule has 11 heteroatoms. The van der Waals surface area contributed by atoms with Gasteiger partial charge >= 0.3 is 0 Å². The van der Waals surface area contributed by atoms with Gasteiger partial charge in [0.25, 0.3) is 0 Å². The number of carbonyl (C=O) groups is 1. The van der Waals surface area contributed by atoms with Gasteiger partial charge in [-0.05, 0) is 36.8 Å². The van der Waals surface area contributed by atoms with Gasteiger partial charge in [-0.1, -0.05) is 16.8 Å². The Morgan fingerprint density at radius 1 is 1.25 bits per heavy atom. The summed E-state index contributed by atoms with van der Waals surface area (Å²) in [5.74, 6) is 0.272. The molecular formula is C17H19ClN6O3S. The van der Waals surface area contributed by atoms with Crippen molar-refractivity contribution in [2.45, 2.75) is 24.3 Å². The Bertz CT molecular complexity index is 1100. The number of pyridine rings is 1. The van der Waals surface area contributed by atoms with E-state index in [1.54, 1.807) is 22.9 Å². The SMILES string of the molecule is CN(C)S(=O)(=O)c1ccc2c(c1)nnn2CCCC(=O)Nc1ccc(Cl)cn1. The molecule has 28 heavy (non-hydrogen) atoms. The second kappa shape index (κ2) is 8.21. The monoisotopic (exact) mass is 422 g/mol. The third-order valence-electron chi connectivity index (χ3n) is 4.03. The smallest absolute Gasteiger partial charge is 0.242 e. The van der Waals surface area contributed by atoms with Gasteiger partial charge in [0, 0.05) is 33.3 Å². The van der Waals surface area contributed by atoms with E-state index in [1.807, 2.05) is 0 Å². The molecule has 2 aromatic heterocycles. The Morgan fingerprint density at radius 2 is 2.04 bits per heavy atom. The molecule has 0 atom stereocenters. The summed E-state index contributed by atoms with van der Waals surface area (Å²) < 4.78 is 27.2. The Hall–Kier alpha value is -2.56. The molecule has 9 nitrogen and oxygen atoms in total. The number of fused-ring (bicyclic) bond motifs is 1. The van der Waals surface area contributed by atoms with Crippen LogP contribution in [0.1, 0.15) is 12.8 Å². The molecule has 0 fully saturated rings.